The Bertz CT molecular complexity index is 608. The summed E-state index contributed by atoms with van der Waals surface area (Å²) in [7, 11) is 1.87. The van der Waals surface area contributed by atoms with E-state index in [0.717, 1.165) is 21.7 Å². The Kier molecular flexibility index (Phi) is 3.95. The number of H-pyrrole nitrogens is 1. The lowest BCUT2D eigenvalue weighted by molar-refractivity contribution is 1.04. The Hall–Kier alpha value is -1.87. The van der Waals surface area contributed by atoms with E-state index >= 15 is 0 Å². The van der Waals surface area contributed by atoms with Crippen molar-refractivity contribution in [1.82, 2.24) is 10.3 Å². The van der Waals surface area contributed by atoms with Gasteiger partial charge in [0.15, 0.2) is 0 Å². The number of likely N-dealkylation sites (N-methyl/N-ethyl adjacent to an activating group) is 1. The predicted molar refractivity (Wildman–Crippen MR) is 82.3 cm³/mol. The fourth-order valence-corrected chi connectivity index (χ4v) is 2.38. The second-order valence-electron chi connectivity index (χ2n) is 3.81. The summed E-state index contributed by atoms with van der Waals surface area (Å²) in [6, 6.07) is 8.24. The largest absolute Gasteiger partial charge is 0.388 e. The standard InChI is InChI=1S/C15H16N2S/c1-4-18-15(11(2)16-3)9-12-10-17-14-8-6-5-7-13(12)14/h4-10,16-17H,1-2H2,3H3/b15-9-. The Balaban J connectivity index is 2.46. The van der Waals surface area contributed by atoms with Crippen LogP contribution in [0, 0.1) is 0 Å². The van der Waals surface area contributed by atoms with Crippen molar-refractivity contribution >= 4 is 28.7 Å². The molecular formula is C15H16N2S. The van der Waals surface area contributed by atoms with Gasteiger partial charge >= 0.3 is 0 Å². The van der Waals surface area contributed by atoms with Gasteiger partial charge in [0.2, 0.25) is 0 Å². The van der Waals surface area contributed by atoms with Crippen LogP contribution >= 0.6 is 11.8 Å². The number of aromatic amines is 1. The van der Waals surface area contributed by atoms with E-state index in [0.29, 0.717) is 0 Å². The van der Waals surface area contributed by atoms with Crippen LogP contribution in [-0.2, 0) is 0 Å². The smallest absolute Gasteiger partial charge is 0.0460 e. The van der Waals surface area contributed by atoms with Crippen LogP contribution in [0.25, 0.3) is 17.0 Å². The zero-order valence-corrected chi connectivity index (χ0v) is 11.2. The summed E-state index contributed by atoms with van der Waals surface area (Å²) in [5, 5.41) is 6.09. The lowest BCUT2D eigenvalue weighted by Crippen LogP contribution is -2.04. The molecule has 0 aliphatic heterocycles. The molecule has 0 fully saturated rings. The summed E-state index contributed by atoms with van der Waals surface area (Å²) in [6.45, 7) is 7.75. The zero-order chi connectivity index (χ0) is 13.0. The summed E-state index contributed by atoms with van der Waals surface area (Å²) in [6.07, 6.45) is 4.13. The molecule has 0 saturated carbocycles. The van der Waals surface area contributed by atoms with Gasteiger partial charge in [-0.05, 0) is 17.6 Å². The molecule has 2 nitrogen and oxygen atoms in total. The molecule has 3 heteroatoms. The molecule has 92 valence electrons. The van der Waals surface area contributed by atoms with Crippen LogP contribution in [0.1, 0.15) is 5.56 Å². The molecule has 0 spiro atoms. The fraction of sp³-hybridized carbons (Fsp3) is 0.0667. The third-order valence-electron chi connectivity index (χ3n) is 2.72. The summed E-state index contributed by atoms with van der Waals surface area (Å²) in [4.78, 5) is 4.33. The molecule has 0 bridgehead atoms. The number of thioether (sulfide) groups is 1. The van der Waals surface area contributed by atoms with Crippen LogP contribution in [0.5, 0.6) is 0 Å². The highest BCUT2D eigenvalue weighted by molar-refractivity contribution is 8.06. The summed E-state index contributed by atoms with van der Waals surface area (Å²) in [5.41, 5.74) is 3.19. The number of benzene rings is 1. The molecule has 0 aliphatic rings. The molecule has 1 aromatic heterocycles. The first kappa shape index (κ1) is 12.6. The van der Waals surface area contributed by atoms with Crippen molar-refractivity contribution in [2.24, 2.45) is 0 Å². The molecule has 0 radical (unpaired) electrons. The van der Waals surface area contributed by atoms with E-state index in [1.54, 1.807) is 11.8 Å². The number of rotatable bonds is 5. The quantitative estimate of drug-likeness (QED) is 0.788. The van der Waals surface area contributed by atoms with Gasteiger partial charge in [-0.3, -0.25) is 0 Å². The first-order valence-electron chi connectivity index (χ1n) is 5.68. The molecule has 2 rings (SSSR count). The average Bonchev–Trinajstić information content (AvgIpc) is 2.81. The normalized spacial score (nSPS) is 11.5. The van der Waals surface area contributed by atoms with Crippen LogP contribution in [-0.4, -0.2) is 12.0 Å². The van der Waals surface area contributed by atoms with Gasteiger partial charge in [0, 0.05) is 40.3 Å². The maximum absolute atomic E-state index is 3.99. The van der Waals surface area contributed by atoms with Crippen LogP contribution in [0.3, 0.4) is 0 Å². The first-order valence-corrected chi connectivity index (χ1v) is 6.56. The molecule has 1 aromatic carbocycles. The zero-order valence-electron chi connectivity index (χ0n) is 10.4. The van der Waals surface area contributed by atoms with Gasteiger partial charge in [0.1, 0.15) is 0 Å². The number of fused-ring (bicyclic) bond motifs is 1. The minimum absolute atomic E-state index is 0.894. The van der Waals surface area contributed by atoms with Crippen LogP contribution in [0.15, 0.2) is 59.6 Å². The Morgan fingerprint density at radius 3 is 2.89 bits per heavy atom. The van der Waals surface area contributed by atoms with Crippen molar-refractivity contribution < 1.29 is 0 Å². The summed E-state index contributed by atoms with van der Waals surface area (Å²) in [5.74, 6) is 0. The SMILES string of the molecule is C=CS/C(=C\c1c[nH]c2ccccc12)C(=C)NC. The van der Waals surface area contributed by atoms with E-state index in [9.17, 15) is 0 Å². The average molecular weight is 256 g/mol. The maximum atomic E-state index is 3.99. The van der Waals surface area contributed by atoms with E-state index in [2.05, 4.69) is 41.7 Å². The summed E-state index contributed by atoms with van der Waals surface area (Å²) < 4.78 is 0. The van der Waals surface area contributed by atoms with Crippen molar-refractivity contribution in [3.8, 4) is 0 Å². The van der Waals surface area contributed by atoms with Gasteiger partial charge in [0.25, 0.3) is 0 Å². The summed E-state index contributed by atoms with van der Waals surface area (Å²) >= 11 is 1.56. The van der Waals surface area contributed by atoms with Crippen LogP contribution < -0.4 is 5.32 Å². The molecule has 0 saturated heterocycles. The topological polar surface area (TPSA) is 27.8 Å². The molecule has 2 aromatic rings. The second-order valence-corrected chi connectivity index (χ2v) is 4.82. The predicted octanol–water partition coefficient (Wildman–Crippen LogP) is 4.12. The van der Waals surface area contributed by atoms with E-state index in [1.165, 1.54) is 5.39 Å². The minimum atomic E-state index is 0.894. The minimum Gasteiger partial charge on any atom is -0.388 e. The molecular weight excluding hydrogens is 240 g/mol. The van der Waals surface area contributed by atoms with Gasteiger partial charge in [-0.1, -0.05) is 43.1 Å². The fourth-order valence-electron chi connectivity index (χ4n) is 1.76. The number of hydrogen-bond donors (Lipinski definition) is 2. The van der Waals surface area contributed by atoms with Crippen LogP contribution in [0.2, 0.25) is 0 Å². The van der Waals surface area contributed by atoms with Gasteiger partial charge in [-0.15, -0.1) is 0 Å². The lowest BCUT2D eigenvalue weighted by Gasteiger charge is -2.07. The van der Waals surface area contributed by atoms with Crippen molar-refractivity contribution in [1.29, 1.82) is 0 Å². The highest BCUT2D eigenvalue weighted by Crippen LogP contribution is 2.27. The Labute approximate surface area is 111 Å². The van der Waals surface area contributed by atoms with Crippen molar-refractivity contribution in [2.75, 3.05) is 7.05 Å². The van der Waals surface area contributed by atoms with Gasteiger partial charge < -0.3 is 10.3 Å². The highest BCUT2D eigenvalue weighted by Gasteiger charge is 2.04. The first-order chi connectivity index (χ1) is 8.76. The molecule has 0 amide bonds. The van der Waals surface area contributed by atoms with E-state index in [1.807, 2.05) is 30.8 Å². The Morgan fingerprint density at radius 2 is 2.17 bits per heavy atom. The van der Waals surface area contributed by atoms with Gasteiger partial charge in [0.05, 0.1) is 0 Å². The number of aromatic nitrogens is 1. The van der Waals surface area contributed by atoms with Crippen LogP contribution in [0.4, 0.5) is 0 Å². The van der Waals surface area contributed by atoms with E-state index in [4.69, 9.17) is 0 Å². The van der Waals surface area contributed by atoms with Gasteiger partial charge in [-0.2, -0.15) is 0 Å². The van der Waals surface area contributed by atoms with E-state index in [-0.39, 0.29) is 0 Å². The number of para-hydroxylation sites is 1. The molecule has 0 unspecified atom stereocenters. The third-order valence-corrected chi connectivity index (χ3v) is 3.50. The van der Waals surface area contributed by atoms with Crippen molar-refractivity contribution in [2.45, 2.75) is 0 Å². The second kappa shape index (κ2) is 5.65. The maximum Gasteiger partial charge on any atom is 0.0460 e. The third kappa shape index (κ3) is 2.51. The Morgan fingerprint density at radius 1 is 1.39 bits per heavy atom. The molecule has 0 atom stereocenters. The molecule has 1 heterocycles. The molecule has 2 N–H and O–H groups in total. The number of nitrogens with one attached hydrogen (secondary N) is 2. The molecule has 0 aliphatic carbocycles. The monoisotopic (exact) mass is 256 g/mol. The molecule has 18 heavy (non-hydrogen) atoms. The lowest BCUT2D eigenvalue weighted by atomic mass is 10.1. The van der Waals surface area contributed by atoms with Crippen molar-refractivity contribution in [3.05, 3.63) is 65.2 Å². The highest BCUT2D eigenvalue weighted by atomic mass is 32.2. The van der Waals surface area contributed by atoms with E-state index < -0.39 is 0 Å². The number of hydrogen-bond acceptors (Lipinski definition) is 2. The van der Waals surface area contributed by atoms with Crippen molar-refractivity contribution in [3.63, 3.8) is 0 Å². The van der Waals surface area contributed by atoms with Gasteiger partial charge in [-0.25, -0.2) is 0 Å².